The number of hydrogen-bond acceptors (Lipinski definition) is 3. The Kier molecular flexibility index (Phi) is 30.5. The predicted octanol–water partition coefficient (Wildman–Crippen LogP) is 11.4. The van der Waals surface area contributed by atoms with Crippen molar-refractivity contribution in [3.8, 4) is 0 Å². The Morgan fingerprint density at radius 1 is 0.553 bits per heavy atom. The van der Waals surface area contributed by atoms with Crippen LogP contribution in [0.3, 0.4) is 0 Å². The standard InChI is InChI=1S/C35H69O3/c1-4-7-10-13-14-18-21-26-31-34(30-25-12-9-6-3)38-35(37)32-27-22-19-16-15-17-20-24-29-33(36)28-23-11-8-5-2/h33-34,36H,1,4-32H2,2-3H3. The van der Waals surface area contributed by atoms with Gasteiger partial charge >= 0.3 is 5.97 Å². The van der Waals surface area contributed by atoms with E-state index in [4.69, 9.17) is 4.74 Å². The molecule has 0 aromatic rings. The predicted molar refractivity (Wildman–Crippen MR) is 166 cm³/mol. The van der Waals surface area contributed by atoms with Crippen LogP contribution in [-0.4, -0.2) is 23.3 Å². The van der Waals surface area contributed by atoms with E-state index >= 15 is 0 Å². The van der Waals surface area contributed by atoms with Crippen LogP contribution in [0.2, 0.25) is 0 Å². The van der Waals surface area contributed by atoms with Gasteiger partial charge in [-0.2, -0.15) is 0 Å². The summed E-state index contributed by atoms with van der Waals surface area (Å²) in [5, 5.41) is 10.1. The summed E-state index contributed by atoms with van der Waals surface area (Å²) in [5.74, 6) is 0.0342. The largest absolute Gasteiger partial charge is 0.462 e. The number of rotatable bonds is 31. The zero-order valence-corrected chi connectivity index (χ0v) is 26.1. The first-order chi connectivity index (χ1) is 18.6. The maximum atomic E-state index is 12.5. The zero-order valence-electron chi connectivity index (χ0n) is 26.1. The van der Waals surface area contributed by atoms with Crippen LogP contribution < -0.4 is 0 Å². The van der Waals surface area contributed by atoms with Gasteiger partial charge in [-0.3, -0.25) is 4.79 Å². The van der Waals surface area contributed by atoms with Crippen molar-refractivity contribution in [3.05, 3.63) is 6.92 Å². The van der Waals surface area contributed by atoms with Gasteiger partial charge in [0.15, 0.2) is 0 Å². The maximum Gasteiger partial charge on any atom is 0.306 e. The summed E-state index contributed by atoms with van der Waals surface area (Å²) in [6.45, 7) is 8.40. The van der Waals surface area contributed by atoms with E-state index in [-0.39, 0.29) is 18.2 Å². The molecular formula is C35H69O3. The van der Waals surface area contributed by atoms with Crippen molar-refractivity contribution in [3.63, 3.8) is 0 Å². The lowest BCUT2D eigenvalue weighted by molar-refractivity contribution is -0.150. The molecule has 0 bridgehead atoms. The topological polar surface area (TPSA) is 46.5 Å². The van der Waals surface area contributed by atoms with Crippen molar-refractivity contribution in [2.45, 2.75) is 212 Å². The molecule has 0 heterocycles. The van der Waals surface area contributed by atoms with Gasteiger partial charge < -0.3 is 9.84 Å². The Labute approximate surface area is 239 Å². The minimum absolute atomic E-state index is 0.0342. The minimum atomic E-state index is -0.0824. The van der Waals surface area contributed by atoms with Crippen LogP contribution >= 0.6 is 0 Å². The molecular weight excluding hydrogens is 468 g/mol. The van der Waals surface area contributed by atoms with E-state index in [0.29, 0.717) is 6.42 Å². The number of carbonyl (C=O) groups excluding carboxylic acids is 1. The first kappa shape index (κ1) is 37.4. The van der Waals surface area contributed by atoms with Gasteiger partial charge in [-0.05, 0) is 44.9 Å². The Bertz CT molecular complexity index is 464. The molecule has 0 saturated carbocycles. The van der Waals surface area contributed by atoms with Crippen LogP contribution in [-0.2, 0) is 9.53 Å². The SMILES string of the molecule is [CH2]CCCCCCCCCC(CCCCCC)OC(=O)CCCCCCCCCCC(O)CCCCCC. The van der Waals surface area contributed by atoms with E-state index in [2.05, 4.69) is 20.8 Å². The average Bonchev–Trinajstić information content (AvgIpc) is 2.91. The fourth-order valence-corrected chi connectivity index (χ4v) is 5.40. The summed E-state index contributed by atoms with van der Waals surface area (Å²) in [4.78, 5) is 12.5. The van der Waals surface area contributed by atoms with E-state index in [9.17, 15) is 9.90 Å². The van der Waals surface area contributed by atoms with Crippen LogP contribution in [0.15, 0.2) is 0 Å². The zero-order chi connectivity index (χ0) is 27.9. The maximum absolute atomic E-state index is 12.5. The monoisotopic (exact) mass is 538 g/mol. The van der Waals surface area contributed by atoms with Crippen molar-refractivity contribution < 1.29 is 14.6 Å². The summed E-state index contributed by atoms with van der Waals surface area (Å²) in [6.07, 6.45) is 34.4. The van der Waals surface area contributed by atoms with Crippen molar-refractivity contribution in [1.82, 2.24) is 0 Å². The van der Waals surface area contributed by atoms with Gasteiger partial charge in [0.2, 0.25) is 0 Å². The summed E-state index contributed by atoms with van der Waals surface area (Å²) < 4.78 is 5.95. The highest BCUT2D eigenvalue weighted by atomic mass is 16.5. The van der Waals surface area contributed by atoms with Gasteiger partial charge in [-0.25, -0.2) is 0 Å². The summed E-state index contributed by atoms with van der Waals surface area (Å²) in [7, 11) is 0. The number of ether oxygens (including phenoxy) is 1. The Morgan fingerprint density at radius 2 is 0.921 bits per heavy atom. The van der Waals surface area contributed by atoms with Crippen LogP contribution in [0.25, 0.3) is 0 Å². The van der Waals surface area contributed by atoms with E-state index in [1.165, 1.54) is 128 Å². The molecule has 2 atom stereocenters. The fraction of sp³-hybridized carbons (Fsp3) is 0.943. The summed E-state index contributed by atoms with van der Waals surface area (Å²) in [5.41, 5.74) is 0. The molecule has 0 fully saturated rings. The van der Waals surface area contributed by atoms with Crippen LogP contribution in [0, 0.1) is 6.92 Å². The highest BCUT2D eigenvalue weighted by Crippen LogP contribution is 2.18. The Hall–Kier alpha value is -0.570. The second-order valence-electron chi connectivity index (χ2n) is 11.9. The molecule has 0 aliphatic heterocycles. The van der Waals surface area contributed by atoms with Gasteiger partial charge in [0.1, 0.15) is 6.10 Å². The molecule has 1 radical (unpaired) electrons. The lowest BCUT2D eigenvalue weighted by Crippen LogP contribution is -2.18. The molecule has 38 heavy (non-hydrogen) atoms. The molecule has 0 aromatic heterocycles. The number of esters is 1. The van der Waals surface area contributed by atoms with Crippen LogP contribution in [0.1, 0.15) is 200 Å². The second-order valence-corrected chi connectivity index (χ2v) is 11.9. The van der Waals surface area contributed by atoms with Crippen molar-refractivity contribution in [2.75, 3.05) is 0 Å². The second kappa shape index (κ2) is 31.0. The third-order valence-electron chi connectivity index (χ3n) is 8.01. The van der Waals surface area contributed by atoms with Gasteiger partial charge in [-0.15, -0.1) is 0 Å². The van der Waals surface area contributed by atoms with Gasteiger partial charge in [0.25, 0.3) is 0 Å². The fourth-order valence-electron chi connectivity index (χ4n) is 5.40. The van der Waals surface area contributed by atoms with Gasteiger partial charge in [-0.1, -0.05) is 156 Å². The molecule has 0 aliphatic rings. The Balaban J connectivity index is 3.79. The normalized spacial score (nSPS) is 13.1. The number of aliphatic hydroxyl groups excluding tert-OH is 1. The molecule has 227 valence electrons. The molecule has 0 aromatic carbocycles. The molecule has 0 saturated heterocycles. The molecule has 1 N–H and O–H groups in total. The van der Waals surface area contributed by atoms with Crippen LogP contribution in [0.5, 0.6) is 0 Å². The third-order valence-corrected chi connectivity index (χ3v) is 8.01. The smallest absolute Gasteiger partial charge is 0.306 e. The summed E-state index contributed by atoms with van der Waals surface area (Å²) in [6, 6.07) is 0. The van der Waals surface area contributed by atoms with Crippen molar-refractivity contribution in [1.29, 1.82) is 0 Å². The lowest BCUT2D eigenvalue weighted by Gasteiger charge is -2.18. The number of carbonyl (C=O) groups is 1. The quantitative estimate of drug-likeness (QED) is 0.0706. The molecule has 0 aliphatic carbocycles. The highest BCUT2D eigenvalue weighted by Gasteiger charge is 2.14. The van der Waals surface area contributed by atoms with Crippen molar-refractivity contribution >= 4 is 5.97 Å². The highest BCUT2D eigenvalue weighted by molar-refractivity contribution is 5.69. The first-order valence-electron chi connectivity index (χ1n) is 17.3. The van der Waals surface area contributed by atoms with E-state index < -0.39 is 0 Å². The molecule has 3 nitrogen and oxygen atoms in total. The van der Waals surface area contributed by atoms with Crippen LogP contribution in [0.4, 0.5) is 0 Å². The number of hydrogen-bond donors (Lipinski definition) is 1. The molecule has 2 unspecified atom stereocenters. The first-order valence-corrected chi connectivity index (χ1v) is 17.3. The molecule has 0 spiro atoms. The number of unbranched alkanes of at least 4 members (excludes halogenated alkanes) is 20. The van der Waals surface area contributed by atoms with Gasteiger partial charge in [0, 0.05) is 6.42 Å². The number of aliphatic hydroxyl groups is 1. The van der Waals surface area contributed by atoms with E-state index in [1.807, 2.05) is 0 Å². The van der Waals surface area contributed by atoms with E-state index in [0.717, 1.165) is 51.4 Å². The molecule has 0 amide bonds. The lowest BCUT2D eigenvalue weighted by atomic mass is 10.0. The minimum Gasteiger partial charge on any atom is -0.462 e. The van der Waals surface area contributed by atoms with Crippen molar-refractivity contribution in [2.24, 2.45) is 0 Å². The Morgan fingerprint density at radius 3 is 1.37 bits per heavy atom. The third kappa shape index (κ3) is 28.4. The molecule has 0 rings (SSSR count). The molecule has 3 heteroatoms. The average molecular weight is 538 g/mol. The van der Waals surface area contributed by atoms with E-state index in [1.54, 1.807) is 0 Å². The summed E-state index contributed by atoms with van der Waals surface area (Å²) >= 11 is 0. The van der Waals surface area contributed by atoms with Gasteiger partial charge in [0.05, 0.1) is 6.10 Å².